The average Bonchev–Trinajstić information content (AvgIpc) is 2.41. The molecule has 2 N–H and O–H groups in total. The lowest BCUT2D eigenvalue weighted by molar-refractivity contribution is 0.110. The van der Waals surface area contributed by atoms with E-state index in [4.69, 9.17) is 5.73 Å². The number of benzene rings is 1. The summed E-state index contributed by atoms with van der Waals surface area (Å²) in [5, 5.41) is 0. The third kappa shape index (κ3) is 3.77. The van der Waals surface area contributed by atoms with Gasteiger partial charge in [0, 0.05) is 18.6 Å². The van der Waals surface area contributed by atoms with Crippen molar-refractivity contribution in [1.82, 2.24) is 4.90 Å². The predicted octanol–water partition coefficient (Wildman–Crippen LogP) is 3.34. The fourth-order valence-electron chi connectivity index (χ4n) is 2.92. The molecule has 0 aromatic heterocycles. The second kappa shape index (κ2) is 6.49. The van der Waals surface area contributed by atoms with Gasteiger partial charge in [0.25, 0.3) is 0 Å². The van der Waals surface area contributed by atoms with Crippen molar-refractivity contribution in [1.29, 1.82) is 0 Å². The SMILES string of the molecule is CC1CCCN(CCC(N)c2ccc(F)cc2)C1C. The maximum absolute atomic E-state index is 12.9. The number of hydrogen-bond acceptors (Lipinski definition) is 2. The summed E-state index contributed by atoms with van der Waals surface area (Å²) in [4.78, 5) is 2.54. The van der Waals surface area contributed by atoms with Crippen LogP contribution in [0.5, 0.6) is 0 Å². The molecule has 19 heavy (non-hydrogen) atoms. The Morgan fingerprint density at radius 1 is 1.32 bits per heavy atom. The van der Waals surface area contributed by atoms with Crippen LogP contribution in [0.4, 0.5) is 4.39 Å². The van der Waals surface area contributed by atoms with Crippen molar-refractivity contribution in [3.05, 3.63) is 35.6 Å². The van der Waals surface area contributed by atoms with Crippen LogP contribution >= 0.6 is 0 Å². The first-order valence-electron chi connectivity index (χ1n) is 7.33. The molecule has 0 aliphatic carbocycles. The number of rotatable bonds is 4. The number of halogens is 1. The van der Waals surface area contributed by atoms with Gasteiger partial charge in [0.1, 0.15) is 5.82 Å². The van der Waals surface area contributed by atoms with Crippen molar-refractivity contribution in [3.8, 4) is 0 Å². The highest BCUT2D eigenvalue weighted by molar-refractivity contribution is 5.19. The molecular formula is C16H25FN2. The molecule has 1 heterocycles. The number of likely N-dealkylation sites (tertiary alicyclic amines) is 1. The lowest BCUT2D eigenvalue weighted by atomic mass is 9.91. The molecule has 0 radical (unpaired) electrons. The molecule has 1 aromatic carbocycles. The van der Waals surface area contributed by atoms with Crippen molar-refractivity contribution in [2.24, 2.45) is 11.7 Å². The molecule has 1 aromatic rings. The van der Waals surface area contributed by atoms with Gasteiger partial charge in [-0.2, -0.15) is 0 Å². The van der Waals surface area contributed by atoms with Crippen molar-refractivity contribution in [2.75, 3.05) is 13.1 Å². The first-order chi connectivity index (χ1) is 9.08. The zero-order chi connectivity index (χ0) is 13.8. The molecule has 0 spiro atoms. The van der Waals surface area contributed by atoms with Gasteiger partial charge in [-0.3, -0.25) is 0 Å². The van der Waals surface area contributed by atoms with Crippen LogP contribution in [-0.2, 0) is 0 Å². The molecule has 2 rings (SSSR count). The van der Waals surface area contributed by atoms with Gasteiger partial charge >= 0.3 is 0 Å². The third-order valence-corrected chi connectivity index (χ3v) is 4.53. The third-order valence-electron chi connectivity index (χ3n) is 4.53. The average molecular weight is 264 g/mol. The van der Waals surface area contributed by atoms with E-state index in [1.54, 1.807) is 12.1 Å². The lowest BCUT2D eigenvalue weighted by Gasteiger charge is -2.38. The standard InChI is InChI=1S/C16H25FN2/c1-12-4-3-10-19(13(12)2)11-9-16(18)14-5-7-15(17)8-6-14/h5-8,12-13,16H,3-4,9-11,18H2,1-2H3. The lowest BCUT2D eigenvalue weighted by Crippen LogP contribution is -2.43. The van der Waals surface area contributed by atoms with Crippen LogP contribution in [0.15, 0.2) is 24.3 Å². The highest BCUT2D eigenvalue weighted by atomic mass is 19.1. The molecule has 2 nitrogen and oxygen atoms in total. The van der Waals surface area contributed by atoms with Gasteiger partial charge < -0.3 is 10.6 Å². The molecule has 0 saturated carbocycles. The Balaban J connectivity index is 1.86. The molecule has 3 unspecified atom stereocenters. The van der Waals surface area contributed by atoms with Gasteiger partial charge in [0.2, 0.25) is 0 Å². The Morgan fingerprint density at radius 2 is 2.00 bits per heavy atom. The first-order valence-corrected chi connectivity index (χ1v) is 7.33. The van der Waals surface area contributed by atoms with E-state index >= 15 is 0 Å². The zero-order valence-corrected chi connectivity index (χ0v) is 12.0. The highest BCUT2D eigenvalue weighted by Crippen LogP contribution is 2.24. The predicted molar refractivity (Wildman–Crippen MR) is 77.4 cm³/mol. The van der Waals surface area contributed by atoms with E-state index in [9.17, 15) is 4.39 Å². The Morgan fingerprint density at radius 3 is 2.68 bits per heavy atom. The summed E-state index contributed by atoms with van der Waals surface area (Å²) in [6.45, 7) is 6.86. The van der Waals surface area contributed by atoms with Crippen LogP contribution in [0.1, 0.15) is 44.7 Å². The van der Waals surface area contributed by atoms with Crippen LogP contribution in [-0.4, -0.2) is 24.0 Å². The van der Waals surface area contributed by atoms with Crippen molar-refractivity contribution in [2.45, 2.75) is 45.2 Å². The van der Waals surface area contributed by atoms with E-state index in [1.807, 2.05) is 0 Å². The summed E-state index contributed by atoms with van der Waals surface area (Å²) in [6.07, 6.45) is 3.56. The summed E-state index contributed by atoms with van der Waals surface area (Å²) in [6, 6.07) is 7.21. The van der Waals surface area contributed by atoms with Crippen molar-refractivity contribution in [3.63, 3.8) is 0 Å². The molecule has 3 heteroatoms. The van der Waals surface area contributed by atoms with Crippen molar-refractivity contribution < 1.29 is 4.39 Å². The molecule has 0 amide bonds. The normalized spacial score (nSPS) is 26.3. The largest absolute Gasteiger partial charge is 0.324 e. The minimum Gasteiger partial charge on any atom is -0.324 e. The molecule has 0 bridgehead atoms. The molecule has 3 atom stereocenters. The number of nitrogens with two attached hydrogens (primary N) is 1. The minimum absolute atomic E-state index is 0.00466. The topological polar surface area (TPSA) is 29.3 Å². The van der Waals surface area contributed by atoms with Gasteiger partial charge in [0.05, 0.1) is 0 Å². The van der Waals surface area contributed by atoms with Gasteiger partial charge in [-0.15, -0.1) is 0 Å². The Bertz CT molecular complexity index is 390. The van der Waals surface area contributed by atoms with E-state index in [1.165, 1.54) is 31.5 Å². The Labute approximate surface area is 115 Å². The van der Waals surface area contributed by atoms with Crippen LogP contribution in [0, 0.1) is 11.7 Å². The highest BCUT2D eigenvalue weighted by Gasteiger charge is 2.24. The maximum Gasteiger partial charge on any atom is 0.123 e. The van der Waals surface area contributed by atoms with Gasteiger partial charge in [-0.05, 0) is 56.3 Å². The van der Waals surface area contributed by atoms with E-state index < -0.39 is 0 Å². The fourth-order valence-corrected chi connectivity index (χ4v) is 2.92. The smallest absolute Gasteiger partial charge is 0.123 e. The minimum atomic E-state index is -0.200. The second-order valence-corrected chi connectivity index (χ2v) is 5.84. The fraction of sp³-hybridized carbons (Fsp3) is 0.625. The van der Waals surface area contributed by atoms with Gasteiger partial charge in [-0.25, -0.2) is 4.39 Å². The monoisotopic (exact) mass is 264 g/mol. The summed E-state index contributed by atoms with van der Waals surface area (Å²) in [5.41, 5.74) is 7.22. The Kier molecular flexibility index (Phi) is 4.94. The number of piperidine rings is 1. The first kappa shape index (κ1) is 14.5. The Hall–Kier alpha value is -0.930. The van der Waals surface area contributed by atoms with E-state index in [-0.39, 0.29) is 11.9 Å². The van der Waals surface area contributed by atoms with Crippen molar-refractivity contribution >= 4 is 0 Å². The molecule has 1 saturated heterocycles. The molecule has 1 aliphatic heterocycles. The van der Waals surface area contributed by atoms with E-state index in [2.05, 4.69) is 18.7 Å². The van der Waals surface area contributed by atoms with E-state index in [0.717, 1.165) is 24.4 Å². The van der Waals surface area contributed by atoms with Gasteiger partial charge in [-0.1, -0.05) is 19.1 Å². The summed E-state index contributed by atoms with van der Waals surface area (Å²) in [5.74, 6) is 0.574. The van der Waals surface area contributed by atoms with E-state index in [0.29, 0.717) is 6.04 Å². The molecular weight excluding hydrogens is 239 g/mol. The molecule has 1 fully saturated rings. The molecule has 1 aliphatic rings. The summed E-state index contributed by atoms with van der Waals surface area (Å²) < 4.78 is 12.9. The zero-order valence-electron chi connectivity index (χ0n) is 12.0. The van der Waals surface area contributed by atoms with Crippen LogP contribution in [0.2, 0.25) is 0 Å². The summed E-state index contributed by atoms with van der Waals surface area (Å²) >= 11 is 0. The number of hydrogen-bond donors (Lipinski definition) is 1. The molecule has 106 valence electrons. The van der Waals surface area contributed by atoms with Crippen LogP contribution < -0.4 is 5.73 Å². The summed E-state index contributed by atoms with van der Waals surface area (Å²) in [7, 11) is 0. The number of nitrogens with zero attached hydrogens (tertiary/aromatic N) is 1. The second-order valence-electron chi connectivity index (χ2n) is 5.84. The maximum atomic E-state index is 12.9. The van der Waals surface area contributed by atoms with Gasteiger partial charge in [0.15, 0.2) is 0 Å². The quantitative estimate of drug-likeness (QED) is 0.903. The van der Waals surface area contributed by atoms with Crippen LogP contribution in [0.25, 0.3) is 0 Å². The van der Waals surface area contributed by atoms with Crippen LogP contribution in [0.3, 0.4) is 0 Å².